The van der Waals surface area contributed by atoms with E-state index in [2.05, 4.69) is 19.6 Å². The molecule has 0 aromatic rings. The summed E-state index contributed by atoms with van der Waals surface area (Å²) >= 11 is 5.65. The smallest absolute Gasteiger partial charge is 0.307 e. The van der Waals surface area contributed by atoms with Crippen molar-refractivity contribution in [3.63, 3.8) is 0 Å². The highest BCUT2D eigenvalue weighted by Gasteiger charge is 2.07. The number of carbonyl (C=O) groups is 1. The van der Waals surface area contributed by atoms with E-state index in [0.717, 1.165) is 5.75 Å². The highest BCUT2D eigenvalue weighted by atomic mass is 32.2. The molecule has 2 nitrogen and oxygen atoms in total. The molecule has 0 radical (unpaired) electrons. The average Bonchev–Trinajstić information content (AvgIpc) is 2.05. The molecule has 1 unspecified atom stereocenters. The second-order valence-electron chi connectivity index (χ2n) is 2.76. The number of hydrogen-bond acceptors (Lipinski definition) is 4. The van der Waals surface area contributed by atoms with Gasteiger partial charge >= 0.3 is 5.97 Å². The quantitative estimate of drug-likeness (QED) is 0.310. The lowest BCUT2D eigenvalue weighted by atomic mass is 10.4. The van der Waals surface area contributed by atoms with Crippen molar-refractivity contribution in [1.29, 1.82) is 0 Å². The second-order valence-corrected chi connectivity index (χ2v) is 4.61. The van der Waals surface area contributed by atoms with Crippen LogP contribution in [0.3, 0.4) is 0 Å². The predicted octanol–water partition coefficient (Wildman–Crippen LogP) is 2.73. The third-order valence-electron chi connectivity index (χ3n) is 1.46. The lowest BCUT2D eigenvalue weighted by Gasteiger charge is -2.11. The van der Waals surface area contributed by atoms with Gasteiger partial charge in [0.25, 0.3) is 0 Å². The lowest BCUT2D eigenvalue weighted by Crippen LogP contribution is -2.12. The molecule has 0 N–H and O–H groups in total. The van der Waals surface area contributed by atoms with E-state index in [-0.39, 0.29) is 11.4 Å². The molecule has 0 aromatic heterocycles. The summed E-state index contributed by atoms with van der Waals surface area (Å²) in [4.78, 5) is 11.0. The first kappa shape index (κ1) is 13.2. The van der Waals surface area contributed by atoms with Gasteiger partial charge in [0.1, 0.15) is 5.44 Å². The minimum absolute atomic E-state index is 0.0149. The van der Waals surface area contributed by atoms with Gasteiger partial charge in [-0.15, -0.1) is 11.8 Å². The van der Waals surface area contributed by atoms with E-state index in [1.807, 2.05) is 6.92 Å². The summed E-state index contributed by atoms with van der Waals surface area (Å²) in [6, 6.07) is 0. The zero-order chi connectivity index (χ0) is 10.1. The summed E-state index contributed by atoms with van der Waals surface area (Å²) in [7, 11) is 0. The maximum atomic E-state index is 11.0. The number of unbranched alkanes of at least 4 members (excludes halogenated alkanes) is 1. The van der Waals surface area contributed by atoms with Crippen LogP contribution in [0.2, 0.25) is 0 Å². The van der Waals surface area contributed by atoms with Crippen LogP contribution in [0.5, 0.6) is 0 Å². The second kappa shape index (κ2) is 8.75. The molecule has 0 saturated heterocycles. The van der Waals surface area contributed by atoms with Crippen LogP contribution < -0.4 is 0 Å². The zero-order valence-electron chi connectivity index (χ0n) is 8.28. The van der Waals surface area contributed by atoms with Crippen molar-refractivity contribution in [1.82, 2.24) is 0 Å². The summed E-state index contributed by atoms with van der Waals surface area (Å²) in [6.45, 7) is 4.06. The van der Waals surface area contributed by atoms with Gasteiger partial charge in [-0.1, -0.05) is 13.3 Å². The number of carbonyl (C=O) groups excluding carboxylic acids is 1. The summed E-state index contributed by atoms with van der Waals surface area (Å²) in [6.07, 6.45) is 2.77. The van der Waals surface area contributed by atoms with Gasteiger partial charge in [-0.25, -0.2) is 0 Å². The number of thiol groups is 1. The fraction of sp³-hybridized carbons (Fsp3) is 0.889. The van der Waals surface area contributed by atoms with E-state index in [0.29, 0.717) is 12.2 Å². The Bertz CT molecular complexity index is 140. The number of hydrogen-bond donors (Lipinski definition) is 1. The molecule has 0 fully saturated rings. The SMILES string of the molecule is CCCCSC(C)OC(=O)CCS. The van der Waals surface area contributed by atoms with Crippen molar-refractivity contribution in [3.05, 3.63) is 0 Å². The third kappa shape index (κ3) is 8.50. The number of ether oxygens (including phenoxy) is 1. The normalized spacial score (nSPS) is 12.5. The van der Waals surface area contributed by atoms with Crippen LogP contribution in [-0.4, -0.2) is 22.9 Å². The van der Waals surface area contributed by atoms with Gasteiger partial charge in [0, 0.05) is 5.75 Å². The summed E-state index contributed by atoms with van der Waals surface area (Å²) in [5.41, 5.74) is -0.0149. The van der Waals surface area contributed by atoms with E-state index < -0.39 is 0 Å². The van der Waals surface area contributed by atoms with E-state index in [1.165, 1.54) is 12.8 Å². The first-order valence-electron chi connectivity index (χ1n) is 4.62. The first-order valence-corrected chi connectivity index (χ1v) is 6.30. The molecule has 0 amide bonds. The van der Waals surface area contributed by atoms with Crippen LogP contribution in [0.25, 0.3) is 0 Å². The number of rotatable bonds is 7. The van der Waals surface area contributed by atoms with Crippen molar-refractivity contribution in [2.45, 2.75) is 38.5 Å². The minimum Gasteiger partial charge on any atom is -0.452 e. The first-order chi connectivity index (χ1) is 6.20. The number of thioether (sulfide) groups is 1. The lowest BCUT2D eigenvalue weighted by molar-refractivity contribution is -0.143. The van der Waals surface area contributed by atoms with Crippen LogP contribution in [0.4, 0.5) is 0 Å². The fourth-order valence-electron chi connectivity index (χ4n) is 0.763. The molecule has 4 heteroatoms. The highest BCUT2D eigenvalue weighted by Crippen LogP contribution is 2.14. The average molecular weight is 222 g/mol. The Balaban J connectivity index is 3.38. The maximum Gasteiger partial charge on any atom is 0.307 e. The maximum absolute atomic E-state index is 11.0. The molecule has 0 aliphatic heterocycles. The molecule has 0 spiro atoms. The van der Waals surface area contributed by atoms with Crippen LogP contribution in [0.15, 0.2) is 0 Å². The molecule has 78 valence electrons. The van der Waals surface area contributed by atoms with E-state index in [9.17, 15) is 4.79 Å². The molecule has 0 saturated carbocycles. The summed E-state index contributed by atoms with van der Waals surface area (Å²) in [5.74, 6) is 1.48. The molecule has 1 atom stereocenters. The molecule has 0 heterocycles. The predicted molar refractivity (Wildman–Crippen MR) is 61.4 cm³/mol. The largest absolute Gasteiger partial charge is 0.452 e. The van der Waals surface area contributed by atoms with E-state index >= 15 is 0 Å². The van der Waals surface area contributed by atoms with Gasteiger partial charge < -0.3 is 4.74 Å². The monoisotopic (exact) mass is 222 g/mol. The van der Waals surface area contributed by atoms with Crippen molar-refractivity contribution in [2.24, 2.45) is 0 Å². The van der Waals surface area contributed by atoms with E-state index in [4.69, 9.17) is 4.74 Å². The molecule has 0 aromatic carbocycles. The third-order valence-corrected chi connectivity index (χ3v) is 2.78. The molecule has 0 bridgehead atoms. The Hall–Kier alpha value is 0.170. The van der Waals surface area contributed by atoms with Crippen molar-refractivity contribution in [2.75, 3.05) is 11.5 Å². The summed E-state index contributed by atoms with van der Waals surface area (Å²) in [5, 5.41) is 0. The van der Waals surface area contributed by atoms with Crippen molar-refractivity contribution >= 4 is 30.4 Å². The standard InChI is InChI=1S/C9H18O2S2/c1-3-4-7-13-8(2)11-9(10)5-6-12/h8,12H,3-7H2,1-2H3. The van der Waals surface area contributed by atoms with Crippen molar-refractivity contribution < 1.29 is 9.53 Å². The van der Waals surface area contributed by atoms with Gasteiger partial charge in [0.05, 0.1) is 6.42 Å². The Morgan fingerprint density at radius 2 is 2.31 bits per heavy atom. The molecule has 0 aliphatic carbocycles. The minimum atomic E-state index is -0.147. The summed E-state index contributed by atoms with van der Waals surface area (Å²) < 4.78 is 5.11. The molecule has 0 rings (SSSR count). The molecule has 0 aliphatic rings. The van der Waals surface area contributed by atoms with Crippen LogP contribution >= 0.6 is 24.4 Å². The van der Waals surface area contributed by atoms with Crippen molar-refractivity contribution in [3.8, 4) is 0 Å². The Labute approximate surface area is 90.2 Å². The molecule has 13 heavy (non-hydrogen) atoms. The highest BCUT2D eigenvalue weighted by molar-refractivity contribution is 7.99. The topological polar surface area (TPSA) is 26.3 Å². The molecular weight excluding hydrogens is 204 g/mol. The zero-order valence-corrected chi connectivity index (χ0v) is 10.00. The van der Waals surface area contributed by atoms with Crippen LogP contribution in [0.1, 0.15) is 33.1 Å². The van der Waals surface area contributed by atoms with Crippen LogP contribution in [0, 0.1) is 0 Å². The van der Waals surface area contributed by atoms with Gasteiger partial charge in [0.2, 0.25) is 0 Å². The molecular formula is C9H18O2S2. The Morgan fingerprint density at radius 3 is 2.85 bits per heavy atom. The van der Waals surface area contributed by atoms with Gasteiger partial charge in [0.15, 0.2) is 0 Å². The van der Waals surface area contributed by atoms with Gasteiger partial charge in [-0.2, -0.15) is 12.6 Å². The fourth-order valence-corrected chi connectivity index (χ4v) is 1.91. The number of esters is 1. The Kier molecular flexibility index (Phi) is 8.87. The van der Waals surface area contributed by atoms with Gasteiger partial charge in [-0.05, 0) is 19.1 Å². The Morgan fingerprint density at radius 1 is 1.62 bits per heavy atom. The van der Waals surface area contributed by atoms with E-state index in [1.54, 1.807) is 11.8 Å². The van der Waals surface area contributed by atoms with Gasteiger partial charge in [-0.3, -0.25) is 4.79 Å². The van der Waals surface area contributed by atoms with Crippen LogP contribution in [-0.2, 0) is 9.53 Å².